The molecule has 1 spiro atoms. The Hall–Kier alpha value is -2.16. The van der Waals surface area contributed by atoms with Crippen molar-refractivity contribution >= 4 is 22.6 Å². The van der Waals surface area contributed by atoms with Gasteiger partial charge < -0.3 is 14.8 Å². The zero-order valence-electron chi connectivity index (χ0n) is 16.7. The number of amides is 1. The predicted molar refractivity (Wildman–Crippen MR) is 107 cm³/mol. The van der Waals surface area contributed by atoms with Gasteiger partial charge in [0.05, 0.1) is 29.3 Å². The van der Waals surface area contributed by atoms with Crippen LogP contribution in [0.4, 0.5) is 5.69 Å². The fraction of sp³-hybridized carbons (Fsp3) is 0.600. The maximum absolute atomic E-state index is 12.6. The summed E-state index contributed by atoms with van der Waals surface area (Å²) >= 11 is 0. The Bertz CT molecular complexity index is 942. The lowest BCUT2D eigenvalue weighted by molar-refractivity contribution is -0.145. The van der Waals surface area contributed by atoms with Crippen LogP contribution in [0, 0.1) is 0 Å². The molecular formula is C20H28N4O4. The predicted octanol–water partition coefficient (Wildman–Crippen LogP) is 1.09. The van der Waals surface area contributed by atoms with Crippen molar-refractivity contribution in [2.24, 2.45) is 14.1 Å². The zero-order chi connectivity index (χ0) is 19.9. The lowest BCUT2D eigenvalue weighted by Gasteiger charge is -2.44. The fourth-order valence-corrected chi connectivity index (χ4v) is 4.59. The van der Waals surface area contributed by atoms with Crippen LogP contribution in [0.15, 0.2) is 23.0 Å². The Labute approximate surface area is 164 Å². The number of benzene rings is 1. The van der Waals surface area contributed by atoms with Crippen LogP contribution < -0.4 is 11.0 Å². The van der Waals surface area contributed by atoms with Gasteiger partial charge in [-0.25, -0.2) is 4.79 Å². The van der Waals surface area contributed by atoms with Gasteiger partial charge >= 0.3 is 5.69 Å². The summed E-state index contributed by atoms with van der Waals surface area (Å²) < 4.78 is 14.9. The van der Waals surface area contributed by atoms with Gasteiger partial charge in [0.2, 0.25) is 5.91 Å². The molecule has 0 aliphatic carbocycles. The summed E-state index contributed by atoms with van der Waals surface area (Å²) in [5, 5.41) is 2.95. The minimum Gasteiger partial charge on any atom is -0.377 e. The first kappa shape index (κ1) is 19.2. The van der Waals surface area contributed by atoms with Crippen LogP contribution in [0.25, 0.3) is 11.0 Å². The summed E-state index contributed by atoms with van der Waals surface area (Å²) in [5.41, 5.74) is 2.06. The Kier molecular flexibility index (Phi) is 5.03. The number of piperidine rings is 1. The number of aromatic nitrogens is 2. The Balaban J connectivity index is 1.41. The second-order valence-electron chi connectivity index (χ2n) is 7.88. The third kappa shape index (κ3) is 3.25. The molecule has 28 heavy (non-hydrogen) atoms. The number of ether oxygens (including phenoxy) is 2. The molecule has 1 N–H and O–H groups in total. The summed E-state index contributed by atoms with van der Waals surface area (Å²) in [5.74, 6) is -0.0709. The van der Waals surface area contributed by atoms with Crippen LogP contribution in [0.1, 0.15) is 19.3 Å². The molecule has 2 aromatic rings. The maximum Gasteiger partial charge on any atom is 0.328 e. The number of carbonyl (C=O) groups is 1. The van der Waals surface area contributed by atoms with Gasteiger partial charge in [0.25, 0.3) is 0 Å². The van der Waals surface area contributed by atoms with E-state index in [-0.39, 0.29) is 23.3 Å². The average molecular weight is 388 g/mol. The molecule has 3 heterocycles. The third-order valence-corrected chi connectivity index (χ3v) is 6.20. The van der Waals surface area contributed by atoms with Gasteiger partial charge in [-0.2, -0.15) is 0 Å². The molecule has 0 radical (unpaired) electrons. The van der Waals surface area contributed by atoms with Gasteiger partial charge in [0.15, 0.2) is 0 Å². The summed E-state index contributed by atoms with van der Waals surface area (Å²) in [6.07, 6.45) is 2.98. The monoisotopic (exact) mass is 388 g/mol. The number of hydrogen-bond acceptors (Lipinski definition) is 5. The van der Waals surface area contributed by atoms with E-state index in [0.717, 1.165) is 43.4 Å². The van der Waals surface area contributed by atoms with E-state index in [2.05, 4.69) is 10.2 Å². The maximum atomic E-state index is 12.6. The molecule has 152 valence electrons. The summed E-state index contributed by atoms with van der Waals surface area (Å²) in [4.78, 5) is 26.8. The van der Waals surface area contributed by atoms with Crippen molar-refractivity contribution in [2.45, 2.75) is 31.0 Å². The molecule has 2 atom stereocenters. The average Bonchev–Trinajstić information content (AvgIpc) is 3.24. The minimum absolute atomic E-state index is 0.00764. The highest BCUT2D eigenvalue weighted by Gasteiger charge is 2.46. The molecule has 0 bridgehead atoms. The van der Waals surface area contributed by atoms with Crippen molar-refractivity contribution in [1.82, 2.24) is 14.0 Å². The molecule has 0 saturated carbocycles. The van der Waals surface area contributed by atoms with E-state index in [9.17, 15) is 9.59 Å². The quantitative estimate of drug-likeness (QED) is 0.848. The second-order valence-corrected chi connectivity index (χ2v) is 7.88. The molecule has 1 amide bonds. The fourth-order valence-electron chi connectivity index (χ4n) is 4.59. The Morgan fingerprint density at radius 2 is 2.07 bits per heavy atom. The summed E-state index contributed by atoms with van der Waals surface area (Å²) in [6, 6.07) is 5.52. The standard InChI is InChI=1S/C20H28N4O4/c1-22-15-6-5-14(11-16(15)23(2)19(22)26)21-18(25)13-24-9-8-20(7-4-10-28-20)17(12-24)27-3/h5-6,11,17H,4,7-10,12-13H2,1-3H3,(H,21,25)/t17-,20-/m1/s1. The number of hydrogen-bond donors (Lipinski definition) is 1. The number of carbonyl (C=O) groups excluding carboxylic acids is 1. The molecule has 0 unspecified atom stereocenters. The highest BCUT2D eigenvalue weighted by molar-refractivity contribution is 5.94. The van der Waals surface area contributed by atoms with Crippen molar-refractivity contribution in [3.8, 4) is 0 Å². The van der Waals surface area contributed by atoms with Crippen LogP contribution >= 0.6 is 0 Å². The Morgan fingerprint density at radius 3 is 2.79 bits per heavy atom. The largest absolute Gasteiger partial charge is 0.377 e. The smallest absolute Gasteiger partial charge is 0.328 e. The number of imidazole rings is 1. The molecule has 4 rings (SSSR count). The summed E-state index contributed by atoms with van der Waals surface area (Å²) in [6.45, 7) is 2.61. The van der Waals surface area contributed by atoms with E-state index in [4.69, 9.17) is 9.47 Å². The van der Waals surface area contributed by atoms with E-state index in [1.165, 1.54) is 0 Å². The normalized spacial score (nSPS) is 25.6. The van der Waals surface area contributed by atoms with Gasteiger partial charge in [0.1, 0.15) is 0 Å². The van der Waals surface area contributed by atoms with Crippen molar-refractivity contribution in [3.63, 3.8) is 0 Å². The zero-order valence-corrected chi connectivity index (χ0v) is 16.7. The topological polar surface area (TPSA) is 77.7 Å². The van der Waals surface area contributed by atoms with Gasteiger partial charge in [-0.15, -0.1) is 0 Å². The molecule has 2 saturated heterocycles. The molecular weight excluding hydrogens is 360 g/mol. The van der Waals surface area contributed by atoms with E-state index in [1.807, 2.05) is 18.2 Å². The Morgan fingerprint density at radius 1 is 1.29 bits per heavy atom. The van der Waals surface area contributed by atoms with Crippen LogP contribution in [0.5, 0.6) is 0 Å². The number of aryl methyl sites for hydroxylation is 2. The number of rotatable bonds is 4. The van der Waals surface area contributed by atoms with Gasteiger partial charge in [-0.05, 0) is 37.5 Å². The number of anilines is 1. The van der Waals surface area contributed by atoms with Crippen molar-refractivity contribution in [3.05, 3.63) is 28.7 Å². The lowest BCUT2D eigenvalue weighted by Crippen LogP contribution is -2.57. The van der Waals surface area contributed by atoms with E-state index in [0.29, 0.717) is 18.8 Å². The van der Waals surface area contributed by atoms with Crippen LogP contribution in [0.3, 0.4) is 0 Å². The first-order chi connectivity index (χ1) is 13.4. The van der Waals surface area contributed by atoms with Crippen molar-refractivity contribution in [1.29, 1.82) is 0 Å². The minimum atomic E-state index is -0.176. The molecule has 2 aliphatic heterocycles. The van der Waals surface area contributed by atoms with Crippen molar-refractivity contribution in [2.75, 3.05) is 38.7 Å². The molecule has 8 heteroatoms. The van der Waals surface area contributed by atoms with E-state index < -0.39 is 0 Å². The number of methoxy groups -OCH3 is 1. The van der Waals surface area contributed by atoms with Gasteiger partial charge in [0, 0.05) is 46.6 Å². The number of nitrogens with zero attached hydrogens (tertiary/aromatic N) is 3. The molecule has 2 fully saturated rings. The van der Waals surface area contributed by atoms with Crippen molar-refractivity contribution < 1.29 is 14.3 Å². The highest BCUT2D eigenvalue weighted by Crippen LogP contribution is 2.37. The molecule has 8 nitrogen and oxygen atoms in total. The number of nitrogens with one attached hydrogen (secondary N) is 1. The lowest BCUT2D eigenvalue weighted by atomic mass is 9.86. The highest BCUT2D eigenvalue weighted by atomic mass is 16.5. The van der Waals surface area contributed by atoms with E-state index in [1.54, 1.807) is 30.3 Å². The first-order valence-corrected chi connectivity index (χ1v) is 9.78. The number of likely N-dealkylation sites (tertiary alicyclic amines) is 1. The third-order valence-electron chi connectivity index (χ3n) is 6.20. The first-order valence-electron chi connectivity index (χ1n) is 9.78. The number of fused-ring (bicyclic) bond motifs is 1. The van der Waals surface area contributed by atoms with Gasteiger partial charge in [-0.1, -0.05) is 0 Å². The molecule has 1 aromatic carbocycles. The summed E-state index contributed by atoms with van der Waals surface area (Å²) in [7, 11) is 5.19. The van der Waals surface area contributed by atoms with Crippen LogP contribution in [-0.2, 0) is 28.4 Å². The second kappa shape index (κ2) is 7.35. The molecule has 1 aromatic heterocycles. The SMILES string of the molecule is CO[C@@H]1CN(CC(=O)Nc2ccc3c(c2)n(C)c(=O)n3C)CC[C@]12CCCO2. The van der Waals surface area contributed by atoms with E-state index >= 15 is 0 Å². The van der Waals surface area contributed by atoms with Crippen LogP contribution in [0.2, 0.25) is 0 Å². The van der Waals surface area contributed by atoms with Gasteiger partial charge in [-0.3, -0.25) is 18.8 Å². The van der Waals surface area contributed by atoms with Crippen LogP contribution in [-0.4, -0.2) is 65.0 Å². The molecule has 2 aliphatic rings.